The van der Waals surface area contributed by atoms with Crippen LogP contribution in [0.25, 0.3) is 0 Å². The minimum atomic E-state index is 0. The second-order valence-electron chi connectivity index (χ2n) is 6.84. The summed E-state index contributed by atoms with van der Waals surface area (Å²) in [6.07, 6.45) is 4.97. The fourth-order valence-electron chi connectivity index (χ4n) is 2.50. The maximum absolute atomic E-state index is 11.7. The zero-order chi connectivity index (χ0) is 15.8. The van der Waals surface area contributed by atoms with Crippen LogP contribution in [0.1, 0.15) is 46.5 Å². The molecule has 0 spiro atoms. The van der Waals surface area contributed by atoms with E-state index in [0.717, 1.165) is 18.4 Å². The van der Waals surface area contributed by atoms with Crippen molar-refractivity contribution in [1.29, 1.82) is 0 Å². The zero-order valence-electron chi connectivity index (χ0n) is 14.7. The van der Waals surface area contributed by atoms with Gasteiger partial charge in [0.2, 0.25) is 5.91 Å². The average molecular weight is 424 g/mol. The van der Waals surface area contributed by atoms with Gasteiger partial charge in [0.05, 0.1) is 0 Å². The monoisotopic (exact) mass is 424 g/mol. The molecule has 0 aromatic rings. The Bertz CT molecular complexity index is 358. The highest BCUT2D eigenvalue weighted by atomic mass is 127. The molecule has 2 unspecified atom stereocenters. The van der Waals surface area contributed by atoms with Crippen molar-refractivity contribution in [2.24, 2.45) is 16.8 Å². The van der Waals surface area contributed by atoms with E-state index in [1.807, 2.05) is 0 Å². The van der Waals surface area contributed by atoms with Gasteiger partial charge in [0.1, 0.15) is 6.54 Å². The Balaban J connectivity index is 0.00000441. The first-order chi connectivity index (χ1) is 9.88. The number of hydrogen-bond donors (Lipinski definition) is 2. The molecule has 0 bridgehead atoms. The molecule has 5 nitrogen and oxygen atoms in total. The number of guanidine groups is 1. The number of likely N-dealkylation sites (N-methyl/N-ethyl adjacent to an activating group) is 1. The molecule has 0 saturated heterocycles. The molecule has 2 N–H and O–H groups in total. The third kappa shape index (κ3) is 8.80. The Labute approximate surface area is 152 Å². The molecular formula is C16H33IN4O. The van der Waals surface area contributed by atoms with Crippen LogP contribution in [0.3, 0.4) is 0 Å². The van der Waals surface area contributed by atoms with Crippen molar-refractivity contribution in [3.63, 3.8) is 0 Å². The summed E-state index contributed by atoms with van der Waals surface area (Å²) in [6, 6.07) is 0.474. The third-order valence-corrected chi connectivity index (χ3v) is 3.83. The van der Waals surface area contributed by atoms with Crippen LogP contribution in [-0.4, -0.2) is 50.0 Å². The lowest BCUT2D eigenvalue weighted by molar-refractivity contribution is -0.127. The maximum atomic E-state index is 11.7. The van der Waals surface area contributed by atoms with E-state index < -0.39 is 0 Å². The number of amides is 1. The molecular weight excluding hydrogens is 391 g/mol. The van der Waals surface area contributed by atoms with Gasteiger partial charge in [-0.2, -0.15) is 0 Å². The molecule has 1 aliphatic carbocycles. The van der Waals surface area contributed by atoms with Crippen LogP contribution in [-0.2, 0) is 4.79 Å². The highest BCUT2D eigenvalue weighted by Crippen LogP contribution is 2.23. The van der Waals surface area contributed by atoms with Crippen LogP contribution >= 0.6 is 24.0 Å². The van der Waals surface area contributed by atoms with Crippen LogP contribution < -0.4 is 10.6 Å². The van der Waals surface area contributed by atoms with Crippen molar-refractivity contribution < 1.29 is 4.79 Å². The molecule has 0 heterocycles. The van der Waals surface area contributed by atoms with Gasteiger partial charge in [0.25, 0.3) is 0 Å². The summed E-state index contributed by atoms with van der Waals surface area (Å²) in [5, 5.41) is 6.85. The largest absolute Gasteiger partial charge is 0.356 e. The summed E-state index contributed by atoms with van der Waals surface area (Å²) >= 11 is 0. The summed E-state index contributed by atoms with van der Waals surface area (Å²) in [7, 11) is 3.52. The van der Waals surface area contributed by atoms with E-state index in [-0.39, 0.29) is 36.4 Å². The van der Waals surface area contributed by atoms with Gasteiger partial charge in [0.15, 0.2) is 5.96 Å². The van der Waals surface area contributed by atoms with Crippen molar-refractivity contribution >= 4 is 35.8 Å². The summed E-state index contributed by atoms with van der Waals surface area (Å²) < 4.78 is 0. The highest BCUT2D eigenvalue weighted by Gasteiger charge is 2.19. The van der Waals surface area contributed by atoms with E-state index >= 15 is 0 Å². The summed E-state index contributed by atoms with van der Waals surface area (Å²) in [5.41, 5.74) is 0. The Morgan fingerprint density at radius 2 is 2.00 bits per heavy atom. The van der Waals surface area contributed by atoms with Gasteiger partial charge in [-0.3, -0.25) is 4.79 Å². The van der Waals surface area contributed by atoms with Gasteiger partial charge in [-0.05, 0) is 24.7 Å². The first-order valence-electron chi connectivity index (χ1n) is 8.13. The second kappa shape index (κ2) is 11.1. The molecule has 22 heavy (non-hydrogen) atoms. The van der Waals surface area contributed by atoms with Crippen molar-refractivity contribution in [3.05, 3.63) is 0 Å². The van der Waals surface area contributed by atoms with Crippen LogP contribution in [0.2, 0.25) is 0 Å². The standard InChI is InChI=1S/C16H32N4O.HI/c1-12(2)10-17-16(18-11-15(21)20(4)5)19-14-8-6-7-13(3)9-14;/h12-14H,6-11H2,1-5H3,(H2,17,18,19);1H. The Hall–Kier alpha value is -0.530. The van der Waals surface area contributed by atoms with Crippen molar-refractivity contribution in [3.8, 4) is 0 Å². The molecule has 1 fully saturated rings. The molecule has 6 heteroatoms. The normalized spacial score (nSPS) is 22.0. The number of halogens is 1. The predicted molar refractivity (Wildman–Crippen MR) is 104 cm³/mol. The van der Waals surface area contributed by atoms with E-state index in [1.165, 1.54) is 25.7 Å². The minimum absolute atomic E-state index is 0. The van der Waals surface area contributed by atoms with E-state index in [9.17, 15) is 4.79 Å². The van der Waals surface area contributed by atoms with Crippen LogP contribution in [0.15, 0.2) is 4.99 Å². The predicted octanol–water partition coefficient (Wildman–Crippen LogP) is 2.46. The Morgan fingerprint density at radius 3 is 2.55 bits per heavy atom. The number of carbonyl (C=O) groups excluding carboxylic acids is 1. The average Bonchev–Trinajstić information content (AvgIpc) is 2.41. The van der Waals surface area contributed by atoms with E-state index in [2.05, 4.69) is 36.4 Å². The number of nitrogens with one attached hydrogen (secondary N) is 2. The van der Waals surface area contributed by atoms with Crippen molar-refractivity contribution in [1.82, 2.24) is 15.5 Å². The Morgan fingerprint density at radius 1 is 1.32 bits per heavy atom. The number of nitrogens with zero attached hydrogens (tertiary/aromatic N) is 2. The number of rotatable bonds is 5. The van der Waals surface area contributed by atoms with E-state index in [4.69, 9.17) is 0 Å². The van der Waals surface area contributed by atoms with Gasteiger partial charge in [-0.1, -0.05) is 33.6 Å². The lowest BCUT2D eigenvalue weighted by Gasteiger charge is -2.29. The van der Waals surface area contributed by atoms with Crippen LogP contribution in [0.5, 0.6) is 0 Å². The smallest absolute Gasteiger partial charge is 0.243 e. The van der Waals surface area contributed by atoms with Gasteiger partial charge in [0, 0.05) is 26.7 Å². The third-order valence-electron chi connectivity index (χ3n) is 3.83. The Kier molecular flexibility index (Phi) is 10.8. The van der Waals surface area contributed by atoms with E-state index in [0.29, 0.717) is 12.0 Å². The van der Waals surface area contributed by atoms with Crippen molar-refractivity contribution in [2.45, 2.75) is 52.5 Å². The molecule has 0 aromatic heterocycles. The van der Waals surface area contributed by atoms with Gasteiger partial charge in [-0.25, -0.2) is 4.99 Å². The summed E-state index contributed by atoms with van der Waals surface area (Å²) in [5.74, 6) is 2.12. The maximum Gasteiger partial charge on any atom is 0.243 e. The molecule has 130 valence electrons. The van der Waals surface area contributed by atoms with Gasteiger partial charge >= 0.3 is 0 Å². The van der Waals surface area contributed by atoms with Crippen LogP contribution in [0.4, 0.5) is 0 Å². The zero-order valence-corrected chi connectivity index (χ0v) is 17.0. The molecule has 2 atom stereocenters. The molecule has 1 saturated carbocycles. The number of aliphatic imine (C=N–C) groups is 1. The molecule has 1 aliphatic rings. The quantitative estimate of drug-likeness (QED) is 0.405. The fraction of sp³-hybridized carbons (Fsp3) is 0.875. The molecule has 0 radical (unpaired) electrons. The van der Waals surface area contributed by atoms with Gasteiger partial charge in [-0.15, -0.1) is 24.0 Å². The molecule has 1 rings (SSSR count). The minimum Gasteiger partial charge on any atom is -0.356 e. The fourth-order valence-corrected chi connectivity index (χ4v) is 2.50. The first-order valence-corrected chi connectivity index (χ1v) is 8.13. The lowest BCUT2D eigenvalue weighted by atomic mass is 9.87. The second-order valence-corrected chi connectivity index (χ2v) is 6.84. The summed E-state index contributed by atoms with van der Waals surface area (Å²) in [4.78, 5) is 17.7. The molecule has 1 amide bonds. The highest BCUT2D eigenvalue weighted by molar-refractivity contribution is 14.0. The molecule has 0 aliphatic heterocycles. The van der Waals surface area contributed by atoms with E-state index in [1.54, 1.807) is 19.0 Å². The van der Waals surface area contributed by atoms with Crippen molar-refractivity contribution in [2.75, 3.05) is 27.2 Å². The number of carbonyl (C=O) groups is 1. The first kappa shape index (κ1) is 21.5. The topological polar surface area (TPSA) is 56.7 Å². The SMILES string of the molecule is CC(C)CNC(=NCC(=O)N(C)C)NC1CCCC(C)C1.I. The number of hydrogen-bond acceptors (Lipinski definition) is 2. The summed E-state index contributed by atoms with van der Waals surface area (Å²) in [6.45, 7) is 7.70. The van der Waals surface area contributed by atoms with Crippen LogP contribution in [0, 0.1) is 11.8 Å². The van der Waals surface area contributed by atoms with Gasteiger partial charge < -0.3 is 15.5 Å². The lowest BCUT2D eigenvalue weighted by Crippen LogP contribution is -2.46. The molecule has 0 aromatic carbocycles.